The Labute approximate surface area is 199 Å². The van der Waals surface area contributed by atoms with E-state index in [0.717, 1.165) is 35.1 Å². The molecule has 1 atom stereocenters. The molecule has 1 fully saturated rings. The molecule has 1 unspecified atom stereocenters. The number of carboxylic acid groups (broad SMARTS) is 1. The minimum Gasteiger partial charge on any atom is -0.480 e. The van der Waals surface area contributed by atoms with Crippen LogP contribution in [0.3, 0.4) is 0 Å². The van der Waals surface area contributed by atoms with Crippen LogP contribution in [-0.4, -0.2) is 41.3 Å². The van der Waals surface area contributed by atoms with E-state index in [-0.39, 0.29) is 12.5 Å². The van der Waals surface area contributed by atoms with Crippen molar-refractivity contribution in [1.29, 1.82) is 0 Å². The van der Waals surface area contributed by atoms with E-state index < -0.39 is 35.0 Å². The van der Waals surface area contributed by atoms with Gasteiger partial charge in [0.2, 0.25) is 5.91 Å². The predicted molar refractivity (Wildman–Crippen MR) is 128 cm³/mol. The lowest BCUT2D eigenvalue weighted by Crippen LogP contribution is -2.61. The van der Waals surface area contributed by atoms with Crippen molar-refractivity contribution in [2.75, 3.05) is 6.61 Å². The van der Waals surface area contributed by atoms with Crippen molar-refractivity contribution in [3.8, 4) is 11.1 Å². The molecule has 0 saturated heterocycles. The van der Waals surface area contributed by atoms with Crippen LogP contribution in [0.2, 0.25) is 0 Å². The summed E-state index contributed by atoms with van der Waals surface area (Å²) in [6.07, 6.45) is 1.76. The molecule has 0 aromatic heterocycles. The van der Waals surface area contributed by atoms with Crippen LogP contribution < -0.4 is 10.6 Å². The molecule has 2 aromatic rings. The maximum atomic E-state index is 13.2. The second kappa shape index (κ2) is 9.12. The van der Waals surface area contributed by atoms with E-state index in [1.165, 1.54) is 0 Å². The largest absolute Gasteiger partial charge is 0.480 e. The SMILES string of the molecule is CC(C)(C)C(NC(=O)C1(NC(=O)OCC2c3ccccc3-c3ccccc32)CCCC1)C(=O)O. The molecule has 4 rings (SSSR count). The molecule has 7 heteroatoms. The van der Waals surface area contributed by atoms with Crippen LogP contribution in [0.25, 0.3) is 11.1 Å². The molecule has 2 amide bonds. The Balaban J connectivity index is 1.46. The minimum absolute atomic E-state index is 0.0798. The Morgan fingerprint density at radius 1 is 1.00 bits per heavy atom. The number of fused-ring (bicyclic) bond motifs is 3. The number of ether oxygens (including phenoxy) is 1. The van der Waals surface area contributed by atoms with Gasteiger partial charge in [-0.05, 0) is 40.5 Å². The van der Waals surface area contributed by atoms with E-state index in [4.69, 9.17) is 4.74 Å². The summed E-state index contributed by atoms with van der Waals surface area (Å²) in [4.78, 5) is 37.8. The van der Waals surface area contributed by atoms with Crippen molar-refractivity contribution in [1.82, 2.24) is 10.6 Å². The normalized spacial score (nSPS) is 17.4. The van der Waals surface area contributed by atoms with Gasteiger partial charge in [-0.15, -0.1) is 0 Å². The van der Waals surface area contributed by atoms with Crippen LogP contribution >= 0.6 is 0 Å². The van der Waals surface area contributed by atoms with Gasteiger partial charge >= 0.3 is 12.1 Å². The molecule has 180 valence electrons. The zero-order valence-electron chi connectivity index (χ0n) is 19.9. The van der Waals surface area contributed by atoms with Crippen molar-refractivity contribution in [3.63, 3.8) is 0 Å². The zero-order valence-corrected chi connectivity index (χ0v) is 19.9. The van der Waals surface area contributed by atoms with Gasteiger partial charge in [0, 0.05) is 5.92 Å². The van der Waals surface area contributed by atoms with Gasteiger partial charge in [0.1, 0.15) is 18.2 Å². The van der Waals surface area contributed by atoms with Crippen molar-refractivity contribution in [2.24, 2.45) is 5.41 Å². The number of nitrogens with one attached hydrogen (secondary N) is 2. The molecule has 1 saturated carbocycles. The number of benzene rings is 2. The highest BCUT2D eigenvalue weighted by Crippen LogP contribution is 2.44. The fourth-order valence-corrected chi connectivity index (χ4v) is 5.14. The molecule has 2 aliphatic rings. The van der Waals surface area contributed by atoms with Crippen LogP contribution in [0.4, 0.5) is 4.79 Å². The summed E-state index contributed by atoms with van der Waals surface area (Å²) in [5, 5.41) is 15.1. The van der Waals surface area contributed by atoms with E-state index in [9.17, 15) is 19.5 Å². The van der Waals surface area contributed by atoms with E-state index >= 15 is 0 Å². The van der Waals surface area contributed by atoms with Crippen molar-refractivity contribution in [2.45, 2.75) is 64.0 Å². The molecule has 2 aliphatic carbocycles. The smallest absolute Gasteiger partial charge is 0.408 e. The number of alkyl carbamates (subject to hydrolysis) is 1. The molecule has 34 heavy (non-hydrogen) atoms. The quantitative estimate of drug-likeness (QED) is 0.586. The lowest BCUT2D eigenvalue weighted by atomic mass is 9.85. The second-order valence-corrected chi connectivity index (χ2v) is 10.4. The first-order valence-electron chi connectivity index (χ1n) is 11.8. The van der Waals surface area contributed by atoms with Crippen LogP contribution in [-0.2, 0) is 14.3 Å². The van der Waals surface area contributed by atoms with Crippen molar-refractivity contribution >= 4 is 18.0 Å². The standard InChI is InChI=1S/C27H32N2O5/c1-26(2,3)22(23(30)31)28-24(32)27(14-8-9-15-27)29-25(33)34-16-21-19-12-6-4-10-17(19)18-11-5-7-13-20(18)21/h4-7,10-13,21-22H,8-9,14-16H2,1-3H3,(H,28,32)(H,29,33)(H,30,31). The summed E-state index contributed by atoms with van der Waals surface area (Å²) < 4.78 is 5.65. The van der Waals surface area contributed by atoms with Gasteiger partial charge in [-0.3, -0.25) is 4.79 Å². The first-order valence-corrected chi connectivity index (χ1v) is 11.8. The summed E-state index contributed by atoms with van der Waals surface area (Å²) in [6, 6.07) is 15.1. The summed E-state index contributed by atoms with van der Waals surface area (Å²) >= 11 is 0. The number of carbonyl (C=O) groups excluding carboxylic acids is 2. The third kappa shape index (κ3) is 4.52. The van der Waals surface area contributed by atoms with Gasteiger partial charge in [0.05, 0.1) is 0 Å². The van der Waals surface area contributed by atoms with Crippen LogP contribution in [0.1, 0.15) is 63.5 Å². The maximum absolute atomic E-state index is 13.2. The summed E-state index contributed by atoms with van der Waals surface area (Å²) in [6.45, 7) is 5.42. The Bertz CT molecular complexity index is 1050. The first-order chi connectivity index (χ1) is 16.1. The molecule has 7 nitrogen and oxygen atoms in total. The molecular formula is C27H32N2O5. The maximum Gasteiger partial charge on any atom is 0.408 e. The zero-order chi connectivity index (χ0) is 24.5. The van der Waals surface area contributed by atoms with E-state index in [1.807, 2.05) is 36.4 Å². The van der Waals surface area contributed by atoms with E-state index in [0.29, 0.717) is 12.8 Å². The fourth-order valence-electron chi connectivity index (χ4n) is 5.14. The number of carbonyl (C=O) groups is 3. The van der Waals surface area contributed by atoms with Crippen molar-refractivity contribution < 1.29 is 24.2 Å². The number of carboxylic acids is 1. The number of hydrogen-bond acceptors (Lipinski definition) is 4. The molecule has 0 heterocycles. The van der Waals surface area contributed by atoms with E-state index in [1.54, 1.807) is 20.8 Å². The molecule has 0 spiro atoms. The van der Waals surface area contributed by atoms with Crippen LogP contribution in [0.15, 0.2) is 48.5 Å². The van der Waals surface area contributed by atoms with Gasteiger partial charge in [-0.1, -0.05) is 82.1 Å². The Morgan fingerprint density at radius 3 is 2.03 bits per heavy atom. The van der Waals surface area contributed by atoms with Gasteiger partial charge in [0.25, 0.3) is 0 Å². The first kappa shape index (κ1) is 23.8. The Morgan fingerprint density at radius 2 is 1.53 bits per heavy atom. The molecule has 0 bridgehead atoms. The number of rotatable bonds is 6. The average molecular weight is 465 g/mol. The second-order valence-electron chi connectivity index (χ2n) is 10.4. The molecule has 2 aromatic carbocycles. The van der Waals surface area contributed by atoms with E-state index in [2.05, 4.69) is 22.8 Å². The summed E-state index contributed by atoms with van der Waals surface area (Å²) in [7, 11) is 0. The highest BCUT2D eigenvalue weighted by atomic mass is 16.5. The highest BCUT2D eigenvalue weighted by Gasteiger charge is 2.46. The van der Waals surface area contributed by atoms with Gasteiger partial charge in [0.15, 0.2) is 0 Å². The van der Waals surface area contributed by atoms with Gasteiger partial charge in [-0.25, -0.2) is 9.59 Å². The Kier molecular flexibility index (Phi) is 6.39. The highest BCUT2D eigenvalue weighted by molar-refractivity contribution is 5.93. The minimum atomic E-state index is -1.17. The lowest BCUT2D eigenvalue weighted by molar-refractivity contribution is -0.146. The van der Waals surface area contributed by atoms with Crippen LogP contribution in [0, 0.1) is 5.41 Å². The van der Waals surface area contributed by atoms with Crippen LogP contribution in [0.5, 0.6) is 0 Å². The third-order valence-corrected chi connectivity index (χ3v) is 6.97. The van der Waals surface area contributed by atoms with Gasteiger partial charge in [-0.2, -0.15) is 0 Å². The third-order valence-electron chi connectivity index (χ3n) is 6.97. The summed E-state index contributed by atoms with van der Waals surface area (Å²) in [5.41, 5.74) is 2.66. The summed E-state index contributed by atoms with van der Waals surface area (Å²) in [5.74, 6) is -1.65. The number of amides is 2. The predicted octanol–water partition coefficient (Wildman–Crippen LogP) is 4.45. The molecule has 0 radical (unpaired) electrons. The van der Waals surface area contributed by atoms with Gasteiger partial charge < -0.3 is 20.5 Å². The number of aliphatic carboxylic acids is 1. The molecular weight excluding hydrogens is 432 g/mol. The topological polar surface area (TPSA) is 105 Å². The Hall–Kier alpha value is -3.35. The lowest BCUT2D eigenvalue weighted by Gasteiger charge is -2.34. The molecule has 3 N–H and O–H groups in total. The fraction of sp³-hybridized carbons (Fsp3) is 0.444. The van der Waals surface area contributed by atoms with Crippen molar-refractivity contribution in [3.05, 3.63) is 59.7 Å². The average Bonchev–Trinajstić information content (AvgIpc) is 3.38. The molecule has 0 aliphatic heterocycles. The monoisotopic (exact) mass is 464 g/mol. The number of hydrogen-bond donors (Lipinski definition) is 3.